The number of H-pyrrole nitrogens is 2. The first-order valence-electron chi connectivity index (χ1n) is 15.4. The first-order valence-corrected chi connectivity index (χ1v) is 15.4. The van der Waals surface area contributed by atoms with Gasteiger partial charge in [-0.25, -0.2) is 14.6 Å². The fourth-order valence-electron chi connectivity index (χ4n) is 5.11. The number of aromatic nitrogens is 7. The molecule has 0 amide bonds. The third kappa shape index (κ3) is 8.21. The molecule has 0 bridgehead atoms. The Labute approximate surface area is 274 Å². The molecule has 0 radical (unpaired) electrons. The number of carbonyl (C=O) groups excluding carboxylic acids is 1. The van der Waals surface area contributed by atoms with Crippen molar-refractivity contribution in [1.82, 2.24) is 34.9 Å². The predicted molar refractivity (Wildman–Crippen MR) is 169 cm³/mol. The Balaban J connectivity index is 1.23. The van der Waals surface area contributed by atoms with Crippen molar-refractivity contribution in [2.75, 3.05) is 13.4 Å². The van der Waals surface area contributed by atoms with Crippen LogP contribution in [0.2, 0.25) is 0 Å². The van der Waals surface area contributed by atoms with Crippen molar-refractivity contribution in [2.24, 2.45) is 0 Å². The lowest BCUT2D eigenvalue weighted by atomic mass is 9.90. The highest BCUT2D eigenvalue weighted by Gasteiger charge is 2.44. The number of carbonyl (C=O) groups is 1. The van der Waals surface area contributed by atoms with Crippen LogP contribution in [0.15, 0.2) is 47.7 Å². The Kier molecular flexibility index (Phi) is 10.8. The number of hydrogen-bond donors (Lipinski definition) is 6. The van der Waals surface area contributed by atoms with Gasteiger partial charge in [0.25, 0.3) is 5.56 Å². The summed E-state index contributed by atoms with van der Waals surface area (Å²) < 4.78 is 17.7. The molecule has 0 aliphatic carbocycles. The second-order valence-electron chi connectivity index (χ2n) is 12.3. The Morgan fingerprint density at radius 3 is 2.60 bits per heavy atom. The smallest absolute Gasteiger partial charge is 0.308 e. The molecule has 3 aromatic heterocycles. The monoisotopic (exact) mass is 665 g/mol. The number of aliphatic hydroxyl groups is 4. The number of hydrogen-bond acceptors (Lipinski definition) is 13. The fourth-order valence-corrected chi connectivity index (χ4v) is 5.11. The first kappa shape index (κ1) is 34.6. The second-order valence-corrected chi connectivity index (χ2v) is 12.3. The van der Waals surface area contributed by atoms with Crippen LogP contribution in [0.5, 0.6) is 5.88 Å². The van der Waals surface area contributed by atoms with Crippen molar-refractivity contribution in [3.63, 3.8) is 0 Å². The van der Waals surface area contributed by atoms with Gasteiger partial charge in [0.2, 0.25) is 12.7 Å². The molecule has 48 heavy (non-hydrogen) atoms. The zero-order valence-corrected chi connectivity index (χ0v) is 26.7. The summed E-state index contributed by atoms with van der Waals surface area (Å²) in [7, 11) is 0. The summed E-state index contributed by atoms with van der Waals surface area (Å²) >= 11 is 0. The van der Waals surface area contributed by atoms with Crippen molar-refractivity contribution in [1.29, 1.82) is 0 Å². The molecule has 1 saturated heterocycles. The maximum absolute atomic E-state index is 13.0. The van der Waals surface area contributed by atoms with E-state index in [2.05, 4.69) is 30.2 Å². The zero-order valence-electron chi connectivity index (χ0n) is 26.7. The average molecular weight is 666 g/mol. The Hall–Kier alpha value is -4.74. The molecule has 0 unspecified atom stereocenters. The van der Waals surface area contributed by atoms with Crippen LogP contribution in [0.25, 0.3) is 12.2 Å². The second kappa shape index (κ2) is 15.0. The third-order valence-electron chi connectivity index (χ3n) is 7.65. The number of nitrogens with one attached hydrogen (secondary N) is 2. The molecule has 0 spiro atoms. The number of esters is 1. The van der Waals surface area contributed by atoms with E-state index in [1.54, 1.807) is 18.5 Å². The standard InChI is InChI=1S/C32H39N7O9/c1-32(2,3)28-20(33-16-34-28)13-22-30(36-21(29(45)35-22)12-18-8-5-4-6-9-18)47-17-46-24(41)11-7-10-19-14-39(38-37-19)31-27(44)26(43)25(42)23(15-40)48-31/h4-6,8-9,12-14,16,23,25-27,31,40,42-44H,7,10-11,15,17H2,1-3H3,(H,33,34)(H,35,45)/b21-12-,22-13-/t23-,25+,26+,27-,31-/m1/s1. The molecule has 1 fully saturated rings. The Bertz CT molecular complexity index is 1860. The molecule has 16 nitrogen and oxygen atoms in total. The van der Waals surface area contributed by atoms with Gasteiger partial charge in [-0.15, -0.1) is 5.10 Å². The van der Waals surface area contributed by atoms with E-state index in [0.717, 1.165) is 11.3 Å². The summed E-state index contributed by atoms with van der Waals surface area (Å²) in [4.78, 5) is 40.3. The molecule has 1 aromatic carbocycles. The molecular formula is C32H39N7O9. The Morgan fingerprint density at radius 1 is 1.10 bits per heavy atom. The molecule has 6 N–H and O–H groups in total. The van der Waals surface area contributed by atoms with Crippen molar-refractivity contribution in [3.8, 4) is 5.88 Å². The fraction of sp³-hybridized carbons (Fsp3) is 0.438. The molecule has 5 rings (SSSR count). The third-order valence-corrected chi connectivity index (χ3v) is 7.65. The molecule has 4 aromatic rings. The van der Waals surface area contributed by atoms with Crippen LogP contribution < -0.4 is 21.0 Å². The topological polar surface area (TPSA) is 231 Å². The minimum Gasteiger partial charge on any atom is -0.438 e. The number of imidazole rings is 1. The van der Waals surface area contributed by atoms with Crippen LogP contribution in [-0.2, 0) is 26.1 Å². The highest BCUT2D eigenvalue weighted by atomic mass is 16.7. The van der Waals surface area contributed by atoms with E-state index in [0.29, 0.717) is 24.2 Å². The van der Waals surface area contributed by atoms with Gasteiger partial charge in [-0.1, -0.05) is 56.3 Å². The number of aryl methyl sites for hydroxylation is 1. The van der Waals surface area contributed by atoms with Gasteiger partial charge in [0.15, 0.2) is 6.23 Å². The highest BCUT2D eigenvalue weighted by molar-refractivity contribution is 5.69. The van der Waals surface area contributed by atoms with Gasteiger partial charge in [-0.05, 0) is 30.6 Å². The van der Waals surface area contributed by atoms with Crippen LogP contribution in [0.3, 0.4) is 0 Å². The summed E-state index contributed by atoms with van der Waals surface area (Å²) in [6.07, 6.45) is 0.184. The SMILES string of the molecule is CC(C)(C)c1[nH]cnc1/C=c1\[nH]c(=O)/c(=C/c2ccccc2)nc1OCOC(=O)CCCc1cn([C@@H]2O[C@H](CO)[C@H](O)[C@H](O)[C@H]2O)nn1. The maximum atomic E-state index is 13.0. The number of ether oxygens (including phenoxy) is 3. The maximum Gasteiger partial charge on any atom is 0.308 e. The van der Waals surface area contributed by atoms with Crippen molar-refractivity contribution in [3.05, 3.63) is 86.6 Å². The van der Waals surface area contributed by atoms with E-state index >= 15 is 0 Å². The Morgan fingerprint density at radius 2 is 1.88 bits per heavy atom. The van der Waals surface area contributed by atoms with Gasteiger partial charge < -0.3 is 44.6 Å². The van der Waals surface area contributed by atoms with Gasteiger partial charge in [0, 0.05) is 17.5 Å². The van der Waals surface area contributed by atoms with Gasteiger partial charge >= 0.3 is 5.97 Å². The summed E-state index contributed by atoms with van der Waals surface area (Å²) in [6.45, 7) is 5.04. The highest BCUT2D eigenvalue weighted by Crippen LogP contribution is 2.28. The summed E-state index contributed by atoms with van der Waals surface area (Å²) in [5.41, 5.74) is 1.97. The average Bonchev–Trinajstić information content (AvgIpc) is 3.73. The van der Waals surface area contributed by atoms with E-state index in [4.69, 9.17) is 14.2 Å². The first-order chi connectivity index (χ1) is 22.9. The number of rotatable bonds is 11. The van der Waals surface area contributed by atoms with Crippen LogP contribution in [0.1, 0.15) is 62.5 Å². The van der Waals surface area contributed by atoms with Crippen molar-refractivity contribution in [2.45, 2.75) is 76.1 Å². The lowest BCUT2D eigenvalue weighted by Crippen LogP contribution is -2.56. The van der Waals surface area contributed by atoms with E-state index in [9.17, 15) is 30.0 Å². The van der Waals surface area contributed by atoms with E-state index in [1.165, 1.54) is 10.9 Å². The normalized spacial score (nSPS) is 22.2. The van der Waals surface area contributed by atoms with Crippen LogP contribution in [-0.4, -0.2) is 99.1 Å². The van der Waals surface area contributed by atoms with Gasteiger partial charge in [0.05, 0.1) is 30.5 Å². The van der Waals surface area contributed by atoms with Gasteiger partial charge in [-0.3, -0.25) is 9.59 Å². The van der Waals surface area contributed by atoms with Gasteiger partial charge in [0.1, 0.15) is 35.1 Å². The molecule has 1 aliphatic rings. The number of aliphatic hydroxyl groups excluding tert-OH is 4. The van der Waals surface area contributed by atoms with Crippen molar-refractivity contribution >= 4 is 18.1 Å². The van der Waals surface area contributed by atoms with E-state index in [1.807, 2.05) is 51.1 Å². The van der Waals surface area contributed by atoms with Crippen molar-refractivity contribution < 1.29 is 39.4 Å². The largest absolute Gasteiger partial charge is 0.438 e. The van der Waals surface area contributed by atoms with E-state index in [-0.39, 0.29) is 28.4 Å². The molecule has 256 valence electrons. The molecule has 16 heteroatoms. The van der Waals surface area contributed by atoms with Crippen LogP contribution in [0.4, 0.5) is 0 Å². The minimum absolute atomic E-state index is 0.0174. The number of aromatic amines is 2. The lowest BCUT2D eigenvalue weighted by molar-refractivity contribution is -0.254. The predicted octanol–water partition coefficient (Wildman–Crippen LogP) is -1.09. The minimum atomic E-state index is -1.55. The summed E-state index contributed by atoms with van der Waals surface area (Å²) in [5.74, 6) is -0.512. The quantitative estimate of drug-likeness (QED) is 0.0828. The van der Waals surface area contributed by atoms with Crippen LogP contribution >= 0.6 is 0 Å². The molecular weight excluding hydrogens is 626 g/mol. The summed E-state index contributed by atoms with van der Waals surface area (Å²) in [6, 6.07) is 9.21. The molecule has 4 heterocycles. The lowest BCUT2D eigenvalue weighted by Gasteiger charge is -2.39. The zero-order chi connectivity index (χ0) is 34.4. The molecule has 5 atom stereocenters. The molecule has 1 aliphatic heterocycles. The number of benzene rings is 1. The molecule has 0 saturated carbocycles. The van der Waals surface area contributed by atoms with Gasteiger partial charge in [-0.2, -0.15) is 0 Å². The van der Waals surface area contributed by atoms with E-state index < -0.39 is 55.6 Å². The van der Waals surface area contributed by atoms with Crippen LogP contribution in [0, 0.1) is 0 Å². The number of nitrogens with zero attached hydrogens (tertiary/aromatic N) is 5. The summed E-state index contributed by atoms with van der Waals surface area (Å²) in [5, 5.41) is 48.0.